The van der Waals surface area contributed by atoms with Crippen LogP contribution in [0.5, 0.6) is 5.75 Å². The van der Waals surface area contributed by atoms with Crippen LogP contribution < -0.4 is 4.74 Å². The molecule has 21 heavy (non-hydrogen) atoms. The van der Waals surface area contributed by atoms with Crippen LogP contribution in [0, 0.1) is 5.92 Å². The molecule has 0 heterocycles. The second-order valence-corrected chi connectivity index (χ2v) is 5.05. The summed E-state index contributed by atoms with van der Waals surface area (Å²) in [7, 11) is 0. The number of hydrogen-bond acceptors (Lipinski definition) is 6. The van der Waals surface area contributed by atoms with Gasteiger partial charge in [-0.05, 0) is 30.0 Å². The van der Waals surface area contributed by atoms with Gasteiger partial charge in [-0.15, -0.1) is 0 Å². The summed E-state index contributed by atoms with van der Waals surface area (Å²) in [5.74, 6) is 0.237. The van der Waals surface area contributed by atoms with Gasteiger partial charge in [0.1, 0.15) is 12.4 Å². The number of benzene rings is 1. The number of carbonyl (C=O) groups excluding carboxylic acids is 1. The van der Waals surface area contributed by atoms with Crippen molar-refractivity contribution < 1.29 is 24.5 Å². The van der Waals surface area contributed by atoms with Crippen LogP contribution in [0.2, 0.25) is 0 Å². The van der Waals surface area contributed by atoms with E-state index in [9.17, 15) is 9.90 Å². The molecule has 2 atom stereocenters. The van der Waals surface area contributed by atoms with Crippen molar-refractivity contribution in [2.45, 2.75) is 19.4 Å². The molecule has 0 saturated heterocycles. The molecule has 1 rings (SSSR count). The van der Waals surface area contributed by atoms with Gasteiger partial charge in [0.2, 0.25) is 0 Å². The van der Waals surface area contributed by atoms with E-state index in [4.69, 9.17) is 14.6 Å². The summed E-state index contributed by atoms with van der Waals surface area (Å²) in [5.41, 5.74) is 0.735. The van der Waals surface area contributed by atoms with Gasteiger partial charge in [0, 0.05) is 0 Å². The Morgan fingerprint density at radius 1 is 1.38 bits per heavy atom. The summed E-state index contributed by atoms with van der Waals surface area (Å²) in [6.45, 7) is 2.31. The zero-order chi connectivity index (χ0) is 15.7. The number of esters is 1. The van der Waals surface area contributed by atoms with Crippen LogP contribution in [-0.2, 0) is 9.53 Å². The van der Waals surface area contributed by atoms with Gasteiger partial charge in [-0.1, -0.05) is 19.1 Å². The SMILES string of the molecule is C[C@@H](CCOC(=O)CS)[C@@H](O)c1cccc(OCCO)c1. The summed E-state index contributed by atoms with van der Waals surface area (Å²) in [5, 5.41) is 19.0. The summed E-state index contributed by atoms with van der Waals surface area (Å²) in [6, 6.07) is 7.12. The molecule has 0 fully saturated rings. The van der Waals surface area contributed by atoms with Gasteiger partial charge >= 0.3 is 5.97 Å². The molecule has 0 spiro atoms. The molecule has 0 amide bonds. The Morgan fingerprint density at radius 3 is 2.81 bits per heavy atom. The maximum atomic E-state index is 11.0. The fraction of sp³-hybridized carbons (Fsp3) is 0.533. The zero-order valence-corrected chi connectivity index (χ0v) is 13.0. The van der Waals surface area contributed by atoms with Gasteiger partial charge in [-0.2, -0.15) is 12.6 Å². The topological polar surface area (TPSA) is 76.0 Å². The molecule has 0 aliphatic carbocycles. The number of carbonyl (C=O) groups is 1. The first-order chi connectivity index (χ1) is 10.1. The zero-order valence-electron chi connectivity index (χ0n) is 12.1. The highest BCUT2D eigenvalue weighted by atomic mass is 32.1. The second-order valence-electron chi connectivity index (χ2n) is 4.73. The van der Waals surface area contributed by atoms with Crippen LogP contribution >= 0.6 is 12.6 Å². The minimum atomic E-state index is -0.669. The molecule has 1 aromatic carbocycles. The van der Waals surface area contributed by atoms with Crippen molar-refractivity contribution >= 4 is 18.6 Å². The first-order valence-electron chi connectivity index (χ1n) is 6.86. The van der Waals surface area contributed by atoms with Crippen molar-refractivity contribution in [1.29, 1.82) is 0 Å². The van der Waals surface area contributed by atoms with Crippen LogP contribution in [0.25, 0.3) is 0 Å². The maximum absolute atomic E-state index is 11.0. The summed E-state index contributed by atoms with van der Waals surface area (Å²) in [4.78, 5) is 11.0. The van der Waals surface area contributed by atoms with Crippen molar-refractivity contribution in [2.24, 2.45) is 5.92 Å². The number of aliphatic hydroxyl groups excluding tert-OH is 2. The Labute approximate surface area is 130 Å². The van der Waals surface area contributed by atoms with Crippen LogP contribution in [0.4, 0.5) is 0 Å². The molecule has 0 saturated carbocycles. The molecule has 6 heteroatoms. The van der Waals surface area contributed by atoms with Gasteiger partial charge in [0.05, 0.1) is 25.1 Å². The average molecular weight is 314 g/mol. The Bertz CT molecular complexity index is 438. The fourth-order valence-corrected chi connectivity index (χ4v) is 1.93. The van der Waals surface area contributed by atoms with Crippen molar-refractivity contribution in [2.75, 3.05) is 25.6 Å². The van der Waals surface area contributed by atoms with E-state index in [0.717, 1.165) is 5.56 Å². The molecule has 0 bridgehead atoms. The Balaban J connectivity index is 2.52. The van der Waals surface area contributed by atoms with Gasteiger partial charge in [0.25, 0.3) is 0 Å². The molecule has 0 unspecified atom stereocenters. The van der Waals surface area contributed by atoms with E-state index in [1.165, 1.54) is 0 Å². The normalized spacial score (nSPS) is 13.5. The summed E-state index contributed by atoms with van der Waals surface area (Å²) < 4.78 is 10.3. The molecule has 2 N–H and O–H groups in total. The van der Waals surface area contributed by atoms with Gasteiger partial charge in [0.15, 0.2) is 0 Å². The second kappa shape index (κ2) is 9.65. The van der Waals surface area contributed by atoms with E-state index in [1.807, 2.05) is 13.0 Å². The lowest BCUT2D eigenvalue weighted by atomic mass is 9.95. The van der Waals surface area contributed by atoms with Crippen molar-refractivity contribution in [3.63, 3.8) is 0 Å². The van der Waals surface area contributed by atoms with Crippen molar-refractivity contribution in [3.05, 3.63) is 29.8 Å². The molecule has 118 valence electrons. The van der Waals surface area contributed by atoms with E-state index in [1.54, 1.807) is 18.2 Å². The van der Waals surface area contributed by atoms with Gasteiger partial charge in [-0.3, -0.25) is 4.79 Å². The fourth-order valence-electron chi connectivity index (χ4n) is 1.84. The standard InChI is InChI=1S/C15H22O5S/c1-11(5-7-20-14(17)10-21)15(18)12-3-2-4-13(9-12)19-8-6-16/h2-4,9,11,15-16,18,21H,5-8,10H2,1H3/t11-,15+/m0/s1. The highest BCUT2D eigenvalue weighted by molar-refractivity contribution is 7.81. The minimum Gasteiger partial charge on any atom is -0.491 e. The Hall–Kier alpha value is -1.24. The molecule has 0 aliphatic rings. The molecule has 0 aliphatic heterocycles. The van der Waals surface area contributed by atoms with E-state index < -0.39 is 6.10 Å². The lowest BCUT2D eigenvalue weighted by Gasteiger charge is -2.19. The summed E-state index contributed by atoms with van der Waals surface area (Å²) in [6.07, 6.45) is -0.111. The number of ether oxygens (including phenoxy) is 2. The van der Waals surface area contributed by atoms with Crippen LogP contribution in [0.15, 0.2) is 24.3 Å². The molecule has 1 aromatic rings. The average Bonchev–Trinajstić information content (AvgIpc) is 2.52. The predicted molar refractivity (Wildman–Crippen MR) is 82.6 cm³/mol. The third-order valence-corrected chi connectivity index (χ3v) is 3.32. The van der Waals surface area contributed by atoms with E-state index in [2.05, 4.69) is 12.6 Å². The van der Waals surface area contributed by atoms with Crippen LogP contribution in [-0.4, -0.2) is 41.8 Å². The first kappa shape index (κ1) is 17.8. The first-order valence-corrected chi connectivity index (χ1v) is 7.50. The monoisotopic (exact) mass is 314 g/mol. The highest BCUT2D eigenvalue weighted by Crippen LogP contribution is 2.27. The van der Waals surface area contributed by atoms with Crippen molar-refractivity contribution in [1.82, 2.24) is 0 Å². The molecule has 0 aromatic heterocycles. The van der Waals surface area contributed by atoms with E-state index >= 15 is 0 Å². The van der Waals surface area contributed by atoms with Crippen LogP contribution in [0.1, 0.15) is 25.0 Å². The smallest absolute Gasteiger partial charge is 0.315 e. The quantitative estimate of drug-likeness (QED) is 0.477. The van der Waals surface area contributed by atoms with Crippen LogP contribution in [0.3, 0.4) is 0 Å². The molecule has 5 nitrogen and oxygen atoms in total. The number of hydrogen-bond donors (Lipinski definition) is 3. The van der Waals surface area contributed by atoms with Crippen molar-refractivity contribution in [3.8, 4) is 5.75 Å². The number of rotatable bonds is 9. The molecular formula is C15H22O5S. The molecular weight excluding hydrogens is 292 g/mol. The Morgan fingerprint density at radius 2 is 2.14 bits per heavy atom. The lowest BCUT2D eigenvalue weighted by Crippen LogP contribution is -2.14. The third-order valence-electron chi connectivity index (χ3n) is 3.06. The predicted octanol–water partition coefficient (Wildman–Crippen LogP) is 1.59. The summed E-state index contributed by atoms with van der Waals surface area (Å²) >= 11 is 3.82. The minimum absolute atomic E-state index is 0.0559. The molecule has 0 radical (unpaired) electrons. The largest absolute Gasteiger partial charge is 0.491 e. The lowest BCUT2D eigenvalue weighted by molar-refractivity contribution is -0.141. The number of aliphatic hydroxyl groups is 2. The van der Waals surface area contributed by atoms with Gasteiger partial charge in [-0.25, -0.2) is 0 Å². The Kier molecular flexibility index (Phi) is 8.19. The third kappa shape index (κ3) is 6.37. The maximum Gasteiger partial charge on any atom is 0.315 e. The highest BCUT2D eigenvalue weighted by Gasteiger charge is 2.17. The van der Waals surface area contributed by atoms with E-state index in [-0.39, 0.29) is 37.5 Å². The number of thiol groups is 1. The van der Waals surface area contributed by atoms with Gasteiger partial charge < -0.3 is 19.7 Å². The van der Waals surface area contributed by atoms with E-state index in [0.29, 0.717) is 12.2 Å².